The molecule has 0 spiro atoms. The van der Waals surface area contributed by atoms with Gasteiger partial charge in [-0.15, -0.1) is 0 Å². The van der Waals surface area contributed by atoms with Gasteiger partial charge in [-0.3, -0.25) is 0 Å². The number of alkyl halides is 3. The molecule has 0 bridgehead atoms. The molecule has 2 aliphatic rings. The van der Waals surface area contributed by atoms with E-state index in [0.29, 0.717) is 12.0 Å². The highest BCUT2D eigenvalue weighted by atomic mass is 32.2. The largest absolute Gasteiger partial charge is 0.535 e. The fourth-order valence-corrected chi connectivity index (χ4v) is 3.17. The number of halogens is 3. The lowest BCUT2D eigenvalue weighted by Gasteiger charge is -2.22. The van der Waals surface area contributed by atoms with Gasteiger partial charge in [0.2, 0.25) is 0 Å². The lowest BCUT2D eigenvalue weighted by molar-refractivity contribution is -0.0328. The molecule has 1 fully saturated rings. The van der Waals surface area contributed by atoms with E-state index in [1.807, 2.05) is 0 Å². The molecule has 0 saturated heterocycles. The second-order valence-electron chi connectivity index (χ2n) is 4.72. The minimum absolute atomic E-state index is 0.0308. The summed E-state index contributed by atoms with van der Waals surface area (Å²) < 4.78 is 42.5. The summed E-state index contributed by atoms with van der Waals surface area (Å²) in [7, 11) is -1.16. The first-order chi connectivity index (χ1) is 9.28. The van der Waals surface area contributed by atoms with Crippen LogP contribution in [0.3, 0.4) is 0 Å². The Kier molecular flexibility index (Phi) is 2.95. The molecule has 1 aromatic carbocycles. The van der Waals surface area contributed by atoms with Crippen LogP contribution in [0.25, 0.3) is 0 Å². The minimum atomic E-state index is -4.59. The number of fused-ring (bicyclic) bond motifs is 3. The number of hydrogen-bond acceptors (Lipinski definition) is 4. The predicted molar refractivity (Wildman–Crippen MR) is 65.0 cm³/mol. The van der Waals surface area contributed by atoms with Gasteiger partial charge in [0.25, 0.3) is 0 Å². The Balaban J connectivity index is 2.10. The number of carbonyl (C=O) groups is 1. The number of benzene rings is 1. The zero-order valence-electron chi connectivity index (χ0n) is 9.85. The molecule has 0 radical (unpaired) electrons. The summed E-state index contributed by atoms with van der Waals surface area (Å²) in [4.78, 5) is 10.8. The molecular weight excluding hydrogens is 296 g/mol. The molecule has 0 amide bonds. The van der Waals surface area contributed by atoms with Gasteiger partial charge in [0.1, 0.15) is 11.3 Å². The Morgan fingerprint density at radius 1 is 1.45 bits per heavy atom. The zero-order valence-corrected chi connectivity index (χ0v) is 10.7. The molecule has 3 rings (SSSR count). The number of carboxylic acid groups (broad SMARTS) is 1. The quantitative estimate of drug-likeness (QED) is 0.649. The number of carboxylic acids is 1. The minimum Gasteiger partial charge on any atom is -0.535 e. The van der Waals surface area contributed by atoms with Crippen molar-refractivity contribution in [3.8, 4) is 5.75 Å². The van der Waals surface area contributed by atoms with E-state index < -0.39 is 40.8 Å². The monoisotopic (exact) mass is 304 g/mol. The van der Waals surface area contributed by atoms with Gasteiger partial charge in [-0.05, 0) is 35.7 Å². The second kappa shape index (κ2) is 4.32. The van der Waals surface area contributed by atoms with E-state index in [0.717, 1.165) is 6.07 Å². The number of rotatable bonds is 2. The molecule has 2 unspecified atom stereocenters. The summed E-state index contributed by atoms with van der Waals surface area (Å²) in [6.07, 6.45) is 0.652. The van der Waals surface area contributed by atoms with Crippen molar-refractivity contribution in [2.24, 2.45) is 0 Å². The maximum Gasteiger partial charge on any atom is 0.526 e. The fourth-order valence-electron chi connectivity index (χ4n) is 2.51. The smallest absolute Gasteiger partial charge is 0.526 e. The van der Waals surface area contributed by atoms with Crippen molar-refractivity contribution in [3.05, 3.63) is 23.3 Å². The van der Waals surface area contributed by atoms with Crippen molar-refractivity contribution in [2.75, 3.05) is 0 Å². The average Bonchev–Trinajstić information content (AvgIpc) is 3.06. The SMILES string of the molecule is O=C(O)c1c(SC(F)(F)F)ccc2c1OB(O)C1CC21. The van der Waals surface area contributed by atoms with Crippen LogP contribution in [0.2, 0.25) is 5.82 Å². The van der Waals surface area contributed by atoms with Crippen LogP contribution in [0.15, 0.2) is 17.0 Å². The molecule has 1 aromatic rings. The van der Waals surface area contributed by atoms with E-state index in [1.54, 1.807) is 0 Å². The molecule has 1 aliphatic heterocycles. The molecule has 1 saturated carbocycles. The van der Waals surface area contributed by atoms with Crippen LogP contribution in [-0.4, -0.2) is 28.7 Å². The van der Waals surface area contributed by atoms with E-state index in [-0.39, 0.29) is 17.5 Å². The van der Waals surface area contributed by atoms with Crippen LogP contribution in [-0.2, 0) is 0 Å². The van der Waals surface area contributed by atoms with Crippen LogP contribution in [0.5, 0.6) is 5.75 Å². The summed E-state index contributed by atoms with van der Waals surface area (Å²) in [5.41, 5.74) is -4.56. The molecule has 2 atom stereocenters. The van der Waals surface area contributed by atoms with Crippen LogP contribution in [0.4, 0.5) is 13.2 Å². The van der Waals surface area contributed by atoms with E-state index in [9.17, 15) is 23.0 Å². The fraction of sp³-hybridized carbons (Fsp3) is 0.364. The molecule has 106 valence electrons. The first-order valence-electron chi connectivity index (χ1n) is 5.78. The van der Waals surface area contributed by atoms with Gasteiger partial charge in [0.05, 0.1) is 0 Å². The van der Waals surface area contributed by atoms with Crippen molar-refractivity contribution in [1.29, 1.82) is 0 Å². The normalized spacial score (nSPS) is 23.7. The average molecular weight is 304 g/mol. The van der Waals surface area contributed by atoms with Gasteiger partial charge >= 0.3 is 18.6 Å². The summed E-state index contributed by atoms with van der Waals surface area (Å²) in [5.74, 6) is -1.76. The summed E-state index contributed by atoms with van der Waals surface area (Å²) in [6.45, 7) is 0. The maximum absolute atomic E-state index is 12.5. The van der Waals surface area contributed by atoms with E-state index in [2.05, 4.69) is 0 Å². The Morgan fingerprint density at radius 2 is 2.15 bits per heavy atom. The third-order valence-corrected chi connectivity index (χ3v) is 4.23. The van der Waals surface area contributed by atoms with Crippen LogP contribution in [0.1, 0.15) is 28.3 Å². The Morgan fingerprint density at radius 3 is 2.75 bits per heavy atom. The molecule has 0 aromatic heterocycles. The lowest BCUT2D eigenvalue weighted by atomic mass is 9.77. The van der Waals surface area contributed by atoms with Crippen molar-refractivity contribution in [3.63, 3.8) is 0 Å². The standard InChI is InChI=1S/C11H8BF3O4S/c13-11(14,15)20-7-2-1-4-5-3-6(5)12(18)19-9(4)8(7)10(16)17/h1-2,5-6,18H,3H2,(H,16,17). The Bertz CT molecular complexity index is 592. The molecule has 1 aliphatic carbocycles. The van der Waals surface area contributed by atoms with E-state index >= 15 is 0 Å². The van der Waals surface area contributed by atoms with Gasteiger partial charge in [0, 0.05) is 10.7 Å². The first-order valence-corrected chi connectivity index (χ1v) is 6.60. The van der Waals surface area contributed by atoms with Crippen LogP contribution in [0, 0.1) is 0 Å². The summed E-state index contributed by atoms with van der Waals surface area (Å²) in [6, 6.07) is 2.60. The van der Waals surface area contributed by atoms with Gasteiger partial charge < -0.3 is 14.8 Å². The predicted octanol–water partition coefficient (Wildman–Crippen LogP) is 2.73. The van der Waals surface area contributed by atoms with Crippen molar-refractivity contribution in [2.45, 2.75) is 28.6 Å². The van der Waals surface area contributed by atoms with Gasteiger partial charge in [-0.1, -0.05) is 6.07 Å². The number of hydrogen-bond donors (Lipinski definition) is 2. The molecular formula is C11H8BF3O4S. The Labute approximate surface area is 116 Å². The summed E-state index contributed by atoms with van der Waals surface area (Å²) in [5, 5.41) is 18.8. The highest BCUT2D eigenvalue weighted by Gasteiger charge is 2.54. The lowest BCUT2D eigenvalue weighted by Crippen LogP contribution is -2.27. The summed E-state index contributed by atoms with van der Waals surface area (Å²) >= 11 is -0.498. The van der Waals surface area contributed by atoms with Crippen LogP contribution >= 0.6 is 11.8 Å². The van der Waals surface area contributed by atoms with Crippen molar-refractivity contribution >= 4 is 24.8 Å². The molecule has 1 heterocycles. The highest BCUT2D eigenvalue weighted by molar-refractivity contribution is 8.00. The topological polar surface area (TPSA) is 66.8 Å². The van der Waals surface area contributed by atoms with Gasteiger partial charge in [-0.2, -0.15) is 13.2 Å². The zero-order chi connectivity index (χ0) is 14.7. The molecule has 20 heavy (non-hydrogen) atoms. The number of aromatic carboxylic acids is 1. The van der Waals surface area contributed by atoms with Crippen LogP contribution < -0.4 is 4.65 Å². The van der Waals surface area contributed by atoms with E-state index in [4.69, 9.17) is 9.76 Å². The molecule has 4 nitrogen and oxygen atoms in total. The maximum atomic E-state index is 12.5. The first kappa shape index (κ1) is 13.6. The molecule has 9 heteroatoms. The van der Waals surface area contributed by atoms with Crippen molar-refractivity contribution < 1.29 is 32.8 Å². The third kappa shape index (κ3) is 2.24. The second-order valence-corrected chi connectivity index (χ2v) is 5.83. The Hall–Kier alpha value is -1.35. The van der Waals surface area contributed by atoms with Gasteiger partial charge in [-0.25, -0.2) is 4.79 Å². The molecule has 2 N–H and O–H groups in total. The van der Waals surface area contributed by atoms with Gasteiger partial charge in [0.15, 0.2) is 0 Å². The third-order valence-electron chi connectivity index (χ3n) is 3.43. The highest BCUT2D eigenvalue weighted by Crippen LogP contribution is 2.61. The van der Waals surface area contributed by atoms with Crippen molar-refractivity contribution in [1.82, 2.24) is 0 Å². The number of thioether (sulfide) groups is 1. The van der Waals surface area contributed by atoms with E-state index in [1.165, 1.54) is 6.07 Å².